The molecule has 4 nitrogen and oxygen atoms in total. The number of amides is 1. The first-order valence-corrected chi connectivity index (χ1v) is 8.20. The number of carboxylic acid groups (broad SMARTS) is 1. The zero-order valence-corrected chi connectivity index (χ0v) is 13.6. The van der Waals surface area contributed by atoms with Crippen molar-refractivity contribution in [3.8, 4) is 0 Å². The Hall–Kier alpha value is -2.47. The lowest BCUT2D eigenvalue weighted by Crippen LogP contribution is -2.51. The molecule has 6 heteroatoms. The van der Waals surface area contributed by atoms with Crippen LogP contribution in [0.5, 0.6) is 0 Å². The van der Waals surface area contributed by atoms with Crippen LogP contribution in [0.4, 0.5) is 13.6 Å². The fourth-order valence-corrected chi connectivity index (χ4v) is 3.55. The maximum Gasteiger partial charge on any atom is 0.407 e. The first-order chi connectivity index (χ1) is 12.0. The zero-order chi connectivity index (χ0) is 18.0. The summed E-state index contributed by atoms with van der Waals surface area (Å²) in [7, 11) is 0. The summed E-state index contributed by atoms with van der Waals surface area (Å²) in [5.41, 5.74) is 7.98. The number of hydrogen-bond acceptors (Lipinski definition) is 2. The molecule has 3 N–H and O–H groups in total. The van der Waals surface area contributed by atoms with E-state index < -0.39 is 6.09 Å². The van der Waals surface area contributed by atoms with Gasteiger partial charge in [0.2, 0.25) is 0 Å². The minimum atomic E-state index is -0.978. The molecule has 1 heterocycles. The van der Waals surface area contributed by atoms with Crippen molar-refractivity contribution >= 4 is 6.09 Å². The molecule has 0 spiro atoms. The molecule has 0 bridgehead atoms. The second-order valence-electron chi connectivity index (χ2n) is 6.43. The maximum atomic E-state index is 13.3. The van der Waals surface area contributed by atoms with E-state index in [4.69, 9.17) is 5.73 Å². The van der Waals surface area contributed by atoms with Crippen LogP contribution in [0.15, 0.2) is 48.5 Å². The van der Waals surface area contributed by atoms with Crippen LogP contribution >= 0.6 is 0 Å². The Bertz CT molecular complexity index is 689. The van der Waals surface area contributed by atoms with Gasteiger partial charge in [0.25, 0.3) is 0 Å². The molecule has 1 aliphatic rings. The molecule has 25 heavy (non-hydrogen) atoms. The SMILES string of the molecule is NC1CCN(C(=O)O)CC1C(c1ccc(F)cc1)c1ccc(F)cc1. The van der Waals surface area contributed by atoms with Crippen LogP contribution in [0.1, 0.15) is 23.5 Å². The number of likely N-dealkylation sites (tertiary alicyclic amines) is 1. The number of piperidine rings is 1. The van der Waals surface area contributed by atoms with E-state index in [1.807, 2.05) is 0 Å². The standard InChI is InChI=1S/C19H20F2N2O2/c20-14-5-1-12(2-6-14)18(13-3-7-15(21)8-4-13)16-11-23(19(24)25)10-9-17(16)22/h1-8,16-18H,9-11,22H2,(H,24,25). The van der Waals surface area contributed by atoms with Crippen LogP contribution < -0.4 is 5.73 Å². The third-order valence-electron chi connectivity index (χ3n) is 4.87. The number of rotatable bonds is 3. The van der Waals surface area contributed by atoms with Crippen LogP contribution in [-0.4, -0.2) is 35.2 Å². The van der Waals surface area contributed by atoms with E-state index >= 15 is 0 Å². The van der Waals surface area contributed by atoms with E-state index in [0.717, 1.165) is 11.1 Å². The maximum absolute atomic E-state index is 13.3. The molecule has 2 atom stereocenters. The molecule has 2 aromatic rings. The fraction of sp³-hybridized carbons (Fsp3) is 0.316. The minimum Gasteiger partial charge on any atom is -0.465 e. The van der Waals surface area contributed by atoms with Crippen molar-refractivity contribution in [3.63, 3.8) is 0 Å². The van der Waals surface area contributed by atoms with E-state index in [0.29, 0.717) is 13.0 Å². The Morgan fingerprint density at radius 1 is 1.04 bits per heavy atom. The molecule has 1 amide bonds. The number of benzene rings is 2. The Morgan fingerprint density at radius 2 is 1.52 bits per heavy atom. The van der Waals surface area contributed by atoms with E-state index in [2.05, 4.69) is 0 Å². The van der Waals surface area contributed by atoms with Gasteiger partial charge in [-0.05, 0) is 41.8 Å². The van der Waals surface area contributed by atoms with Crippen LogP contribution in [0.2, 0.25) is 0 Å². The van der Waals surface area contributed by atoms with Crippen molar-refractivity contribution in [2.75, 3.05) is 13.1 Å². The van der Waals surface area contributed by atoms with Gasteiger partial charge in [0.15, 0.2) is 0 Å². The van der Waals surface area contributed by atoms with E-state index in [9.17, 15) is 18.7 Å². The van der Waals surface area contributed by atoms with Crippen molar-refractivity contribution < 1.29 is 18.7 Å². The molecule has 2 aromatic carbocycles. The molecule has 3 rings (SSSR count). The Labute approximate surface area is 144 Å². The normalized spacial score (nSPS) is 20.7. The molecule has 132 valence electrons. The Morgan fingerprint density at radius 3 is 1.96 bits per heavy atom. The average molecular weight is 346 g/mol. The highest BCUT2D eigenvalue weighted by atomic mass is 19.1. The van der Waals surface area contributed by atoms with Gasteiger partial charge in [-0.2, -0.15) is 0 Å². The van der Waals surface area contributed by atoms with Crippen molar-refractivity contribution in [1.29, 1.82) is 0 Å². The number of hydrogen-bond donors (Lipinski definition) is 2. The summed E-state index contributed by atoms with van der Waals surface area (Å²) >= 11 is 0. The summed E-state index contributed by atoms with van der Waals surface area (Å²) in [5, 5.41) is 9.32. The van der Waals surface area contributed by atoms with Gasteiger partial charge < -0.3 is 15.7 Å². The van der Waals surface area contributed by atoms with Crippen LogP contribution in [0.25, 0.3) is 0 Å². The molecular weight excluding hydrogens is 326 g/mol. The number of halogens is 2. The summed E-state index contributed by atoms with van der Waals surface area (Å²) in [6.07, 6.45) is -0.426. The van der Waals surface area contributed by atoms with Crippen molar-refractivity contribution in [1.82, 2.24) is 4.90 Å². The predicted octanol–water partition coefficient (Wildman–Crippen LogP) is 3.42. The minimum absolute atomic E-state index is 0.180. The van der Waals surface area contributed by atoms with Gasteiger partial charge in [0.05, 0.1) is 0 Å². The highest BCUT2D eigenvalue weighted by Crippen LogP contribution is 2.37. The number of carbonyl (C=O) groups is 1. The van der Waals surface area contributed by atoms with Gasteiger partial charge in [0, 0.05) is 31.0 Å². The molecule has 0 aromatic heterocycles. The second kappa shape index (κ2) is 7.19. The van der Waals surface area contributed by atoms with Gasteiger partial charge >= 0.3 is 6.09 Å². The highest BCUT2D eigenvalue weighted by molar-refractivity contribution is 5.65. The van der Waals surface area contributed by atoms with Gasteiger partial charge in [-0.1, -0.05) is 24.3 Å². The molecule has 1 saturated heterocycles. The van der Waals surface area contributed by atoms with Crippen LogP contribution in [0, 0.1) is 17.6 Å². The monoisotopic (exact) mass is 346 g/mol. The Kier molecular flexibility index (Phi) is 4.99. The van der Waals surface area contributed by atoms with Crippen molar-refractivity contribution in [3.05, 3.63) is 71.3 Å². The fourth-order valence-electron chi connectivity index (χ4n) is 3.55. The second-order valence-corrected chi connectivity index (χ2v) is 6.43. The lowest BCUT2D eigenvalue weighted by atomic mass is 9.74. The number of nitrogens with two attached hydrogens (primary N) is 1. The molecule has 1 fully saturated rings. The van der Waals surface area contributed by atoms with Crippen molar-refractivity contribution in [2.24, 2.45) is 11.7 Å². The molecule has 0 saturated carbocycles. The molecule has 0 radical (unpaired) electrons. The van der Waals surface area contributed by atoms with E-state index in [1.165, 1.54) is 29.2 Å². The molecular formula is C19H20F2N2O2. The third-order valence-corrected chi connectivity index (χ3v) is 4.87. The number of nitrogens with zero attached hydrogens (tertiary/aromatic N) is 1. The molecule has 1 aliphatic heterocycles. The van der Waals surface area contributed by atoms with Crippen LogP contribution in [-0.2, 0) is 0 Å². The largest absolute Gasteiger partial charge is 0.465 e. The summed E-state index contributed by atoms with van der Waals surface area (Å²) in [4.78, 5) is 12.7. The average Bonchev–Trinajstić information content (AvgIpc) is 2.59. The van der Waals surface area contributed by atoms with E-state index in [1.54, 1.807) is 24.3 Å². The first-order valence-electron chi connectivity index (χ1n) is 8.20. The molecule has 2 unspecified atom stereocenters. The summed E-state index contributed by atoms with van der Waals surface area (Å²) in [6, 6.07) is 12.0. The topological polar surface area (TPSA) is 66.6 Å². The van der Waals surface area contributed by atoms with Gasteiger partial charge in [-0.25, -0.2) is 13.6 Å². The third kappa shape index (κ3) is 3.79. The summed E-state index contributed by atoms with van der Waals surface area (Å²) in [6.45, 7) is 0.683. The lowest BCUT2D eigenvalue weighted by Gasteiger charge is -2.40. The van der Waals surface area contributed by atoms with E-state index in [-0.39, 0.29) is 36.1 Å². The predicted molar refractivity (Wildman–Crippen MR) is 90.3 cm³/mol. The van der Waals surface area contributed by atoms with Crippen molar-refractivity contribution in [2.45, 2.75) is 18.4 Å². The van der Waals surface area contributed by atoms with Gasteiger partial charge in [0.1, 0.15) is 11.6 Å². The highest BCUT2D eigenvalue weighted by Gasteiger charge is 2.36. The molecule has 0 aliphatic carbocycles. The zero-order valence-electron chi connectivity index (χ0n) is 13.6. The summed E-state index contributed by atoms with van der Waals surface area (Å²) in [5.74, 6) is -1.11. The van der Waals surface area contributed by atoms with Gasteiger partial charge in [-0.3, -0.25) is 0 Å². The Balaban J connectivity index is 2.01. The lowest BCUT2D eigenvalue weighted by molar-refractivity contribution is 0.109. The first kappa shape index (κ1) is 17.4. The summed E-state index contributed by atoms with van der Waals surface area (Å²) < 4.78 is 26.7. The van der Waals surface area contributed by atoms with Gasteiger partial charge in [-0.15, -0.1) is 0 Å². The van der Waals surface area contributed by atoms with Crippen LogP contribution in [0.3, 0.4) is 0 Å². The quantitative estimate of drug-likeness (QED) is 0.895. The smallest absolute Gasteiger partial charge is 0.407 e.